The topological polar surface area (TPSA) is 256 Å². The first kappa shape index (κ1) is 36.9. The Morgan fingerprint density at radius 3 is 2.43 bits per heavy atom. The second-order valence-corrected chi connectivity index (χ2v) is 16.9. The van der Waals surface area contributed by atoms with Gasteiger partial charge in [-0.3, -0.25) is 9.09 Å². The quantitative estimate of drug-likeness (QED) is 0.0996. The number of nitrogens with zero attached hydrogens (tertiary/aromatic N) is 2. The second kappa shape index (κ2) is 15.4. The van der Waals surface area contributed by atoms with Crippen molar-refractivity contribution in [2.45, 2.75) is 50.9 Å². The minimum atomic E-state index is -5.77. The van der Waals surface area contributed by atoms with Crippen LogP contribution in [0.15, 0.2) is 41.3 Å². The van der Waals surface area contributed by atoms with Gasteiger partial charge >= 0.3 is 35.1 Å². The fourth-order valence-corrected chi connectivity index (χ4v) is 9.70. The standard InChI is InChI=1S/C22H32N3O14P3S2/c1-13(2)12-43-44-14(3)15-6-4-5-7-16(15)21(26)37-17-10-20(25-9-8-19(23)24-22(25)27)36-18(17)11-35-41(31,32)39-42(33,34)38-40(28,29)30/h4-9,13-14,17-18,20H,10-12H2,1-3H3,(H,31,32)(H,33,34)(H2,23,24,27)(H2,28,29,30)/t14?,17-,18?,20-/m1/s1. The summed E-state index contributed by atoms with van der Waals surface area (Å²) in [5, 5.41) is -0.101. The smallest absolute Gasteiger partial charge is 0.456 e. The number of hydrogen-bond donors (Lipinski definition) is 5. The largest absolute Gasteiger partial charge is 0.490 e. The molecule has 1 aromatic carbocycles. The van der Waals surface area contributed by atoms with Gasteiger partial charge in [-0.15, -0.1) is 0 Å². The minimum Gasteiger partial charge on any atom is -0.456 e. The number of hydrogen-bond acceptors (Lipinski definition) is 14. The Hall–Kier alpha value is -1.56. The average Bonchev–Trinajstić information content (AvgIpc) is 3.27. The lowest BCUT2D eigenvalue weighted by molar-refractivity contribution is -0.0511. The molecule has 0 saturated carbocycles. The van der Waals surface area contributed by atoms with E-state index in [-0.39, 0.29) is 23.1 Å². The average molecular weight is 720 g/mol. The van der Waals surface area contributed by atoms with Crippen LogP contribution in [0.4, 0.5) is 5.82 Å². The van der Waals surface area contributed by atoms with Crippen molar-refractivity contribution in [3.63, 3.8) is 0 Å². The summed E-state index contributed by atoms with van der Waals surface area (Å²) in [4.78, 5) is 66.2. The summed E-state index contributed by atoms with van der Waals surface area (Å²) >= 11 is 0. The maximum atomic E-state index is 13.4. The molecule has 3 rings (SSSR count). The van der Waals surface area contributed by atoms with Gasteiger partial charge in [0.05, 0.1) is 12.2 Å². The third-order valence-corrected chi connectivity index (χ3v) is 12.6. The number of nitrogen functional groups attached to an aromatic ring is 1. The molecule has 22 heteroatoms. The predicted octanol–water partition coefficient (Wildman–Crippen LogP) is 3.78. The third-order valence-electron chi connectivity index (χ3n) is 5.65. The molecule has 2 heterocycles. The first-order valence-corrected chi connectivity index (χ1v) is 19.6. The Labute approximate surface area is 259 Å². The van der Waals surface area contributed by atoms with E-state index in [0.29, 0.717) is 11.5 Å². The van der Waals surface area contributed by atoms with Crippen LogP contribution < -0.4 is 11.4 Å². The lowest BCUT2D eigenvalue weighted by atomic mass is 10.0. The van der Waals surface area contributed by atoms with E-state index >= 15 is 0 Å². The number of phosphoric ester groups is 1. The number of phosphoric acid groups is 3. The molecule has 0 bridgehead atoms. The van der Waals surface area contributed by atoms with Crippen LogP contribution in [-0.2, 0) is 36.3 Å². The highest BCUT2D eigenvalue weighted by molar-refractivity contribution is 8.76. The lowest BCUT2D eigenvalue weighted by Gasteiger charge is -2.22. The van der Waals surface area contributed by atoms with Gasteiger partial charge in [-0.05, 0) is 30.5 Å². The second-order valence-electron chi connectivity index (χ2n) is 9.74. The van der Waals surface area contributed by atoms with Crippen molar-refractivity contribution < 1.29 is 60.7 Å². The van der Waals surface area contributed by atoms with Gasteiger partial charge in [0.15, 0.2) is 0 Å². The molecule has 17 nitrogen and oxygen atoms in total. The van der Waals surface area contributed by atoms with Gasteiger partial charge < -0.3 is 34.8 Å². The van der Waals surface area contributed by atoms with Gasteiger partial charge in [0, 0.05) is 23.6 Å². The zero-order valence-electron chi connectivity index (χ0n) is 23.5. The van der Waals surface area contributed by atoms with Crippen LogP contribution in [-0.4, -0.2) is 59.7 Å². The molecule has 4 unspecified atom stereocenters. The summed E-state index contributed by atoms with van der Waals surface area (Å²) in [7, 11) is -13.6. The van der Waals surface area contributed by atoms with Crippen molar-refractivity contribution in [1.82, 2.24) is 9.55 Å². The predicted molar refractivity (Wildman–Crippen MR) is 160 cm³/mol. The number of benzene rings is 1. The molecule has 0 aliphatic carbocycles. The summed E-state index contributed by atoms with van der Waals surface area (Å²) in [5.74, 6) is 0.550. The zero-order valence-corrected chi connectivity index (χ0v) is 27.8. The number of aromatic nitrogens is 2. The van der Waals surface area contributed by atoms with Crippen LogP contribution in [0.3, 0.4) is 0 Å². The third kappa shape index (κ3) is 11.4. The van der Waals surface area contributed by atoms with E-state index in [1.165, 1.54) is 12.3 Å². The number of nitrogens with two attached hydrogens (primary N) is 1. The molecule has 1 aliphatic rings. The highest BCUT2D eigenvalue weighted by atomic mass is 33.1. The monoisotopic (exact) mass is 719 g/mol. The van der Waals surface area contributed by atoms with Crippen LogP contribution in [0.25, 0.3) is 0 Å². The Balaban J connectivity index is 1.81. The zero-order chi connectivity index (χ0) is 32.9. The van der Waals surface area contributed by atoms with E-state index in [9.17, 15) is 33.1 Å². The van der Waals surface area contributed by atoms with Gasteiger partial charge in [0.25, 0.3) is 0 Å². The molecule has 1 fully saturated rings. The molecule has 0 spiro atoms. The normalized spacial score (nSPS) is 22.3. The number of ether oxygens (including phenoxy) is 2. The Morgan fingerprint density at radius 1 is 1.11 bits per heavy atom. The molecule has 0 amide bonds. The van der Waals surface area contributed by atoms with Crippen molar-refractivity contribution in [3.8, 4) is 0 Å². The number of esters is 1. The van der Waals surface area contributed by atoms with Gasteiger partial charge in [-0.25, -0.2) is 23.3 Å². The fraction of sp³-hybridized carbons (Fsp3) is 0.500. The van der Waals surface area contributed by atoms with Crippen molar-refractivity contribution in [3.05, 3.63) is 58.1 Å². The number of carbonyl (C=O) groups is 1. The fourth-order valence-electron chi connectivity index (χ4n) is 3.83. The molecular weight excluding hydrogens is 687 g/mol. The van der Waals surface area contributed by atoms with Crippen molar-refractivity contribution >= 4 is 56.8 Å². The van der Waals surface area contributed by atoms with E-state index in [0.717, 1.165) is 10.3 Å². The Bertz CT molecular complexity index is 1520. The SMILES string of the molecule is CC(C)CSSC(C)c1ccccc1C(=O)O[C@@H]1C[C@H](n2ccc(N)nc2=O)OC1COP(=O)(O)OP(=O)(O)OP(=O)(O)O. The Kier molecular flexibility index (Phi) is 12.9. The summed E-state index contributed by atoms with van der Waals surface area (Å²) < 4.78 is 59.6. The molecule has 44 heavy (non-hydrogen) atoms. The Morgan fingerprint density at radius 2 is 1.80 bits per heavy atom. The maximum Gasteiger partial charge on any atom is 0.490 e. The number of carbonyl (C=O) groups excluding carboxylic acids is 1. The van der Waals surface area contributed by atoms with Crippen molar-refractivity contribution in [2.24, 2.45) is 5.92 Å². The van der Waals surface area contributed by atoms with Gasteiger partial charge in [0.1, 0.15) is 24.3 Å². The van der Waals surface area contributed by atoms with Crippen LogP contribution in [0, 0.1) is 5.92 Å². The molecule has 6 N–H and O–H groups in total. The number of anilines is 1. The molecule has 6 atom stereocenters. The molecule has 0 radical (unpaired) electrons. The molecular formula is C22H32N3O14P3S2. The van der Waals surface area contributed by atoms with Gasteiger partial charge in [0.2, 0.25) is 0 Å². The van der Waals surface area contributed by atoms with E-state index in [4.69, 9.17) is 29.5 Å². The van der Waals surface area contributed by atoms with Gasteiger partial charge in [-0.2, -0.15) is 13.6 Å². The first-order valence-electron chi connectivity index (χ1n) is 12.7. The van der Waals surface area contributed by atoms with Crippen LogP contribution in [0.5, 0.6) is 0 Å². The van der Waals surface area contributed by atoms with E-state index < -0.39 is 60.2 Å². The van der Waals surface area contributed by atoms with Crippen molar-refractivity contribution in [1.29, 1.82) is 0 Å². The highest BCUT2D eigenvalue weighted by Gasteiger charge is 2.44. The molecule has 2 aromatic rings. The lowest BCUT2D eigenvalue weighted by Crippen LogP contribution is -2.31. The minimum absolute atomic E-state index is 0.0633. The molecule has 1 saturated heterocycles. The number of rotatable bonds is 15. The van der Waals surface area contributed by atoms with E-state index in [1.807, 2.05) is 6.92 Å². The van der Waals surface area contributed by atoms with Crippen molar-refractivity contribution in [2.75, 3.05) is 18.1 Å². The van der Waals surface area contributed by atoms with Gasteiger partial charge in [-0.1, -0.05) is 53.6 Å². The summed E-state index contributed by atoms with van der Waals surface area (Å²) in [6.07, 6.45) is -2.53. The maximum absolute atomic E-state index is 13.4. The summed E-state index contributed by atoms with van der Waals surface area (Å²) in [5.41, 5.74) is 5.69. The summed E-state index contributed by atoms with van der Waals surface area (Å²) in [6, 6.07) is 8.10. The highest BCUT2D eigenvalue weighted by Crippen LogP contribution is 2.66. The van der Waals surface area contributed by atoms with Crippen LogP contribution in [0.2, 0.25) is 0 Å². The first-order chi connectivity index (χ1) is 20.4. The molecule has 1 aliphatic heterocycles. The van der Waals surface area contributed by atoms with E-state index in [1.54, 1.807) is 45.9 Å². The molecule has 246 valence electrons. The molecule has 1 aromatic heterocycles. The van der Waals surface area contributed by atoms with Crippen LogP contribution >= 0.6 is 45.1 Å². The van der Waals surface area contributed by atoms with Crippen LogP contribution in [0.1, 0.15) is 54.6 Å². The van der Waals surface area contributed by atoms with E-state index in [2.05, 4.69) is 27.5 Å². The summed E-state index contributed by atoms with van der Waals surface area (Å²) in [6.45, 7) is 5.21.